The van der Waals surface area contributed by atoms with Crippen molar-refractivity contribution in [1.82, 2.24) is 9.97 Å². The highest BCUT2D eigenvalue weighted by Crippen LogP contribution is 2.13. The average Bonchev–Trinajstić information content (AvgIpc) is 2.86. The number of aromatic nitrogens is 2. The number of ether oxygens (including phenoxy) is 1. The molecule has 7 heteroatoms. The van der Waals surface area contributed by atoms with Crippen LogP contribution in [-0.2, 0) is 6.54 Å². The Morgan fingerprint density at radius 2 is 2.32 bits per heavy atom. The lowest BCUT2D eigenvalue weighted by molar-refractivity contribution is 0.0972. The summed E-state index contributed by atoms with van der Waals surface area (Å²) >= 11 is 0. The predicted molar refractivity (Wildman–Crippen MR) is 67.8 cm³/mol. The minimum Gasteiger partial charge on any atom is -0.478 e. The monoisotopic (exact) mass is 262 g/mol. The third kappa shape index (κ3) is 3.44. The van der Waals surface area contributed by atoms with Crippen molar-refractivity contribution in [2.75, 3.05) is 11.9 Å². The van der Waals surface area contributed by atoms with Gasteiger partial charge in [-0.05, 0) is 19.1 Å². The van der Waals surface area contributed by atoms with Crippen LogP contribution in [0.15, 0.2) is 28.9 Å². The van der Waals surface area contributed by atoms with Crippen LogP contribution in [0.1, 0.15) is 23.2 Å². The van der Waals surface area contributed by atoms with Gasteiger partial charge >= 0.3 is 0 Å². The van der Waals surface area contributed by atoms with Crippen LogP contribution in [0, 0.1) is 0 Å². The van der Waals surface area contributed by atoms with Crippen molar-refractivity contribution >= 4 is 11.7 Å². The Labute approximate surface area is 109 Å². The fraction of sp³-hybridized carbons (Fsp3) is 0.250. The molecule has 0 spiro atoms. The van der Waals surface area contributed by atoms with E-state index in [0.29, 0.717) is 30.6 Å². The van der Waals surface area contributed by atoms with Crippen molar-refractivity contribution in [2.45, 2.75) is 13.5 Å². The van der Waals surface area contributed by atoms with Gasteiger partial charge in [0.25, 0.3) is 5.91 Å². The predicted octanol–water partition coefficient (Wildman–Crippen LogP) is 1.18. The molecule has 19 heavy (non-hydrogen) atoms. The summed E-state index contributed by atoms with van der Waals surface area (Å²) in [5.41, 5.74) is 5.10. The molecule has 0 saturated heterocycles. The summed E-state index contributed by atoms with van der Waals surface area (Å²) in [6.07, 6.45) is 1.41. The molecule has 1 amide bonds. The molecule has 0 aliphatic heterocycles. The van der Waals surface area contributed by atoms with Crippen LogP contribution in [-0.4, -0.2) is 22.5 Å². The summed E-state index contributed by atoms with van der Waals surface area (Å²) < 4.78 is 10.5. The van der Waals surface area contributed by atoms with Gasteiger partial charge in [0, 0.05) is 6.07 Å². The van der Waals surface area contributed by atoms with E-state index in [1.54, 1.807) is 12.1 Å². The van der Waals surface area contributed by atoms with Crippen molar-refractivity contribution in [3.63, 3.8) is 0 Å². The summed E-state index contributed by atoms with van der Waals surface area (Å²) in [6, 6.07) is 4.89. The minimum atomic E-state index is -0.591. The van der Waals surface area contributed by atoms with Crippen molar-refractivity contribution in [2.24, 2.45) is 5.73 Å². The largest absolute Gasteiger partial charge is 0.478 e. The Bertz CT molecular complexity index is 568. The van der Waals surface area contributed by atoms with Crippen LogP contribution in [0.3, 0.4) is 0 Å². The molecule has 7 nitrogen and oxygen atoms in total. The van der Waals surface area contributed by atoms with Crippen molar-refractivity contribution in [1.29, 1.82) is 0 Å². The van der Waals surface area contributed by atoms with E-state index in [4.69, 9.17) is 14.9 Å². The highest BCUT2D eigenvalue weighted by molar-refractivity contribution is 5.89. The first-order valence-electron chi connectivity index (χ1n) is 5.76. The van der Waals surface area contributed by atoms with Gasteiger partial charge in [0.15, 0.2) is 5.76 Å². The maximum atomic E-state index is 10.9. The molecule has 2 aromatic heterocycles. The zero-order valence-electron chi connectivity index (χ0n) is 10.4. The maximum Gasteiger partial charge on any atom is 0.284 e. The molecule has 2 aromatic rings. The number of nitrogens with one attached hydrogen (secondary N) is 1. The molecule has 0 radical (unpaired) electrons. The third-order valence-electron chi connectivity index (χ3n) is 2.28. The molecule has 0 bridgehead atoms. The molecule has 0 fully saturated rings. The molecule has 3 N–H and O–H groups in total. The van der Waals surface area contributed by atoms with Crippen LogP contribution in [0.25, 0.3) is 0 Å². The van der Waals surface area contributed by atoms with Gasteiger partial charge in [-0.3, -0.25) is 4.79 Å². The molecular weight excluding hydrogens is 248 g/mol. The molecule has 2 rings (SSSR count). The second-order valence-corrected chi connectivity index (χ2v) is 3.66. The van der Waals surface area contributed by atoms with Gasteiger partial charge in [0.05, 0.1) is 13.2 Å². The number of amides is 1. The van der Waals surface area contributed by atoms with Crippen LogP contribution >= 0.6 is 0 Å². The molecule has 2 heterocycles. The first-order valence-corrected chi connectivity index (χ1v) is 5.76. The number of nitrogens with zero attached hydrogens (tertiary/aromatic N) is 2. The highest BCUT2D eigenvalue weighted by Gasteiger charge is 2.07. The van der Waals surface area contributed by atoms with Crippen LogP contribution < -0.4 is 15.8 Å². The summed E-state index contributed by atoms with van der Waals surface area (Å²) in [5, 5.41) is 3.04. The molecule has 0 aliphatic rings. The number of rotatable bonds is 6. The van der Waals surface area contributed by atoms with Gasteiger partial charge in [-0.1, -0.05) is 0 Å². The summed E-state index contributed by atoms with van der Waals surface area (Å²) in [7, 11) is 0. The average molecular weight is 262 g/mol. The number of nitrogens with two attached hydrogens (primary N) is 1. The summed E-state index contributed by atoms with van der Waals surface area (Å²) in [6.45, 7) is 2.80. The molecule has 100 valence electrons. The highest BCUT2D eigenvalue weighted by atomic mass is 16.5. The molecule has 0 saturated carbocycles. The van der Waals surface area contributed by atoms with E-state index in [1.807, 2.05) is 6.92 Å². The SMILES string of the molecule is CCOc1cc(NCc2ccc(C(N)=O)o2)ncn1. The number of carbonyl (C=O) groups excluding carboxylic acids is 1. The summed E-state index contributed by atoms with van der Waals surface area (Å²) in [5.74, 6) is 1.24. The molecule has 0 aliphatic carbocycles. The third-order valence-corrected chi connectivity index (χ3v) is 2.28. The number of furan rings is 1. The van der Waals surface area contributed by atoms with Gasteiger partial charge < -0.3 is 20.2 Å². The topological polar surface area (TPSA) is 103 Å². The van der Waals surface area contributed by atoms with E-state index in [9.17, 15) is 4.79 Å². The second-order valence-electron chi connectivity index (χ2n) is 3.66. The number of primary amides is 1. The number of carbonyl (C=O) groups is 1. The zero-order valence-corrected chi connectivity index (χ0v) is 10.4. The first kappa shape index (κ1) is 12.9. The Kier molecular flexibility index (Phi) is 3.97. The number of hydrogen-bond donors (Lipinski definition) is 2. The molecule has 0 atom stereocenters. The maximum absolute atomic E-state index is 10.9. The second kappa shape index (κ2) is 5.85. The van der Waals surface area contributed by atoms with Crippen molar-refractivity contribution in [3.05, 3.63) is 36.0 Å². The zero-order chi connectivity index (χ0) is 13.7. The lowest BCUT2D eigenvalue weighted by Crippen LogP contribution is -2.09. The lowest BCUT2D eigenvalue weighted by atomic mass is 10.4. The quantitative estimate of drug-likeness (QED) is 0.810. The van der Waals surface area contributed by atoms with Gasteiger partial charge in [-0.2, -0.15) is 0 Å². The van der Waals surface area contributed by atoms with E-state index in [2.05, 4.69) is 15.3 Å². The Balaban J connectivity index is 1.97. The van der Waals surface area contributed by atoms with Crippen molar-refractivity contribution in [3.8, 4) is 5.88 Å². The van der Waals surface area contributed by atoms with E-state index < -0.39 is 5.91 Å². The fourth-order valence-corrected chi connectivity index (χ4v) is 1.45. The van der Waals surface area contributed by atoms with E-state index in [0.717, 1.165) is 0 Å². The smallest absolute Gasteiger partial charge is 0.284 e. The Morgan fingerprint density at radius 3 is 3.00 bits per heavy atom. The van der Waals surface area contributed by atoms with E-state index in [-0.39, 0.29) is 5.76 Å². The van der Waals surface area contributed by atoms with E-state index >= 15 is 0 Å². The van der Waals surface area contributed by atoms with E-state index in [1.165, 1.54) is 12.4 Å². The van der Waals surface area contributed by atoms with Crippen LogP contribution in [0.2, 0.25) is 0 Å². The van der Waals surface area contributed by atoms with Gasteiger partial charge in [-0.25, -0.2) is 9.97 Å². The Morgan fingerprint density at radius 1 is 1.47 bits per heavy atom. The van der Waals surface area contributed by atoms with Crippen molar-refractivity contribution < 1.29 is 13.9 Å². The fourth-order valence-electron chi connectivity index (χ4n) is 1.45. The minimum absolute atomic E-state index is 0.134. The number of anilines is 1. The lowest BCUT2D eigenvalue weighted by Gasteiger charge is -2.05. The van der Waals surface area contributed by atoms with Gasteiger partial charge in [0.2, 0.25) is 5.88 Å². The number of hydrogen-bond acceptors (Lipinski definition) is 6. The Hall–Kier alpha value is -2.57. The molecule has 0 unspecified atom stereocenters. The molecular formula is C12H14N4O3. The summed E-state index contributed by atoms with van der Waals surface area (Å²) in [4.78, 5) is 18.9. The normalized spacial score (nSPS) is 10.2. The standard InChI is InChI=1S/C12H14N4O3/c1-2-18-11-5-10(15-7-16-11)14-6-8-3-4-9(19-8)12(13)17/h3-5,7H,2,6H2,1H3,(H2,13,17)(H,14,15,16). The first-order chi connectivity index (χ1) is 9.19. The van der Waals surface area contributed by atoms with Crippen LogP contribution in [0.4, 0.5) is 5.82 Å². The molecule has 0 aromatic carbocycles. The van der Waals surface area contributed by atoms with Gasteiger partial charge in [-0.15, -0.1) is 0 Å². The van der Waals surface area contributed by atoms with Gasteiger partial charge in [0.1, 0.15) is 17.9 Å². The van der Waals surface area contributed by atoms with Crippen LogP contribution in [0.5, 0.6) is 5.88 Å².